The Morgan fingerprint density at radius 2 is 1.90 bits per heavy atom. The van der Waals surface area contributed by atoms with Crippen molar-refractivity contribution in [2.24, 2.45) is 0 Å². The third-order valence-corrected chi connectivity index (χ3v) is 8.70. The zero-order chi connectivity index (χ0) is 21.3. The highest BCUT2D eigenvalue weighted by Crippen LogP contribution is 2.31. The molecule has 2 aliphatic rings. The Morgan fingerprint density at radius 1 is 1.13 bits per heavy atom. The first-order chi connectivity index (χ1) is 14.4. The van der Waals surface area contributed by atoms with Gasteiger partial charge in [-0.1, -0.05) is 11.3 Å². The van der Waals surface area contributed by atoms with Gasteiger partial charge in [0.2, 0.25) is 15.9 Å². The highest BCUT2D eigenvalue weighted by molar-refractivity contribution is 7.89. The molecule has 1 saturated heterocycles. The number of nitrogens with zero attached hydrogens (tertiary/aromatic N) is 3. The molecule has 2 aliphatic heterocycles. The first kappa shape index (κ1) is 21.3. The van der Waals surface area contributed by atoms with Crippen molar-refractivity contribution in [3.8, 4) is 0 Å². The van der Waals surface area contributed by atoms with Crippen LogP contribution in [-0.2, 0) is 27.8 Å². The molecule has 2 aromatic rings. The molecule has 1 amide bonds. The van der Waals surface area contributed by atoms with Crippen molar-refractivity contribution in [2.75, 3.05) is 24.5 Å². The van der Waals surface area contributed by atoms with E-state index in [0.29, 0.717) is 43.9 Å². The lowest BCUT2D eigenvalue weighted by molar-refractivity contribution is -0.118. The second-order valence-electron chi connectivity index (χ2n) is 7.95. The van der Waals surface area contributed by atoms with Crippen LogP contribution in [0.25, 0.3) is 0 Å². The van der Waals surface area contributed by atoms with Crippen molar-refractivity contribution in [2.45, 2.75) is 56.9 Å². The van der Waals surface area contributed by atoms with Gasteiger partial charge in [-0.05, 0) is 62.8 Å². The lowest BCUT2D eigenvalue weighted by Gasteiger charge is -2.30. The van der Waals surface area contributed by atoms with Crippen molar-refractivity contribution in [3.63, 3.8) is 0 Å². The molecular weight excluding hydrogens is 422 g/mol. The van der Waals surface area contributed by atoms with Crippen LogP contribution < -0.4 is 9.77 Å². The molecule has 0 bridgehead atoms. The van der Waals surface area contributed by atoms with Crippen molar-refractivity contribution in [3.05, 3.63) is 44.5 Å². The lowest BCUT2D eigenvalue weighted by Crippen LogP contribution is -2.36. The standard InChI is InChI=1S/C21H27N3O4S2/c1-16-15-29-21(26)23(16)12-5-7-20(25)24-13-4-6-17-14-18(8-9-19(17)24)30(27,28)22-10-2-3-11-22/h8-9,14-15H,2-7,10-13H2,1H3. The summed E-state index contributed by atoms with van der Waals surface area (Å²) in [5.74, 6) is 0.0204. The summed E-state index contributed by atoms with van der Waals surface area (Å²) in [6.45, 7) is 4.23. The fourth-order valence-corrected chi connectivity index (χ4v) is 6.60. The SMILES string of the molecule is Cc1csc(=O)n1CCCC(=O)N1CCCc2cc(S(=O)(=O)N3CCCC3)ccc21. The molecule has 0 unspecified atom stereocenters. The molecule has 0 spiro atoms. The monoisotopic (exact) mass is 449 g/mol. The highest BCUT2D eigenvalue weighted by atomic mass is 32.2. The molecule has 1 fully saturated rings. The number of sulfonamides is 1. The molecule has 1 aromatic heterocycles. The molecule has 0 radical (unpaired) electrons. The molecule has 0 N–H and O–H groups in total. The van der Waals surface area contributed by atoms with Crippen LogP contribution in [0.4, 0.5) is 5.69 Å². The number of hydrogen-bond acceptors (Lipinski definition) is 5. The summed E-state index contributed by atoms with van der Waals surface area (Å²) in [4.78, 5) is 26.8. The maximum Gasteiger partial charge on any atom is 0.307 e. The van der Waals surface area contributed by atoms with Gasteiger partial charge in [0.05, 0.1) is 4.90 Å². The third-order valence-electron chi connectivity index (χ3n) is 5.92. The number of rotatable bonds is 6. The molecule has 4 rings (SSSR count). The summed E-state index contributed by atoms with van der Waals surface area (Å²) in [7, 11) is -3.46. The zero-order valence-electron chi connectivity index (χ0n) is 17.2. The van der Waals surface area contributed by atoms with Crippen LogP contribution in [0, 0.1) is 6.92 Å². The number of benzene rings is 1. The van der Waals surface area contributed by atoms with E-state index in [-0.39, 0.29) is 10.8 Å². The van der Waals surface area contributed by atoms with Crippen LogP contribution in [-0.4, -0.2) is 42.8 Å². The van der Waals surface area contributed by atoms with E-state index in [2.05, 4.69) is 0 Å². The van der Waals surface area contributed by atoms with Crippen LogP contribution in [0.5, 0.6) is 0 Å². The van der Waals surface area contributed by atoms with Crippen molar-refractivity contribution < 1.29 is 13.2 Å². The highest BCUT2D eigenvalue weighted by Gasteiger charge is 2.29. The van der Waals surface area contributed by atoms with Crippen molar-refractivity contribution >= 4 is 33.0 Å². The largest absolute Gasteiger partial charge is 0.312 e. The molecule has 7 nitrogen and oxygen atoms in total. The Bertz CT molecular complexity index is 1100. The number of aryl methyl sites for hydroxylation is 2. The number of fused-ring (bicyclic) bond motifs is 1. The average molecular weight is 450 g/mol. The number of carbonyl (C=O) groups is 1. The van der Waals surface area contributed by atoms with Gasteiger partial charge in [0.1, 0.15) is 0 Å². The van der Waals surface area contributed by atoms with Crippen LogP contribution in [0.3, 0.4) is 0 Å². The summed E-state index contributed by atoms with van der Waals surface area (Å²) < 4.78 is 29.0. The minimum absolute atomic E-state index is 0.00927. The first-order valence-electron chi connectivity index (χ1n) is 10.5. The van der Waals surface area contributed by atoms with Crippen LogP contribution in [0.2, 0.25) is 0 Å². The maximum absolute atomic E-state index is 12.9. The lowest BCUT2D eigenvalue weighted by atomic mass is 10.0. The van der Waals surface area contributed by atoms with Gasteiger partial charge in [-0.3, -0.25) is 9.59 Å². The summed E-state index contributed by atoms with van der Waals surface area (Å²) in [6, 6.07) is 5.16. The quantitative estimate of drug-likeness (QED) is 0.679. The smallest absolute Gasteiger partial charge is 0.307 e. The summed E-state index contributed by atoms with van der Waals surface area (Å²) in [6.07, 6.45) is 4.35. The molecule has 0 aliphatic carbocycles. The maximum atomic E-state index is 12.9. The summed E-state index contributed by atoms with van der Waals surface area (Å²) in [5, 5.41) is 1.83. The predicted octanol–water partition coefficient (Wildman–Crippen LogP) is 2.76. The van der Waals surface area contributed by atoms with E-state index < -0.39 is 10.0 Å². The molecule has 0 saturated carbocycles. The second-order valence-corrected chi connectivity index (χ2v) is 10.7. The van der Waals surface area contributed by atoms with E-state index in [1.54, 1.807) is 32.0 Å². The molecule has 0 atom stereocenters. The van der Waals surface area contributed by atoms with Gasteiger partial charge in [-0.25, -0.2) is 8.42 Å². The van der Waals surface area contributed by atoms with E-state index in [1.165, 1.54) is 11.3 Å². The second kappa shape index (κ2) is 8.64. The van der Waals surface area contributed by atoms with Gasteiger partial charge in [-0.15, -0.1) is 0 Å². The minimum atomic E-state index is -3.46. The molecule has 30 heavy (non-hydrogen) atoms. The van der Waals surface area contributed by atoms with Gasteiger partial charge in [-0.2, -0.15) is 4.31 Å². The fraction of sp³-hybridized carbons (Fsp3) is 0.524. The van der Waals surface area contributed by atoms with Crippen LogP contribution in [0.1, 0.15) is 43.4 Å². The number of anilines is 1. The molecule has 1 aromatic carbocycles. The number of carbonyl (C=O) groups excluding carboxylic acids is 1. The van der Waals surface area contributed by atoms with Gasteiger partial charge in [0.25, 0.3) is 0 Å². The Morgan fingerprint density at radius 3 is 2.60 bits per heavy atom. The Balaban J connectivity index is 1.47. The van der Waals surface area contributed by atoms with E-state index >= 15 is 0 Å². The normalized spacial score (nSPS) is 17.3. The fourth-order valence-electron chi connectivity index (χ4n) is 4.27. The number of aromatic nitrogens is 1. The molecule has 3 heterocycles. The number of amides is 1. The van der Waals surface area contributed by atoms with Gasteiger partial charge in [0.15, 0.2) is 0 Å². The Kier molecular flexibility index (Phi) is 6.13. The van der Waals surface area contributed by atoms with Crippen LogP contribution >= 0.6 is 11.3 Å². The van der Waals surface area contributed by atoms with Crippen molar-refractivity contribution in [1.82, 2.24) is 8.87 Å². The summed E-state index contributed by atoms with van der Waals surface area (Å²) >= 11 is 1.18. The Labute approximate surface area is 181 Å². The predicted molar refractivity (Wildman–Crippen MR) is 118 cm³/mol. The van der Waals surface area contributed by atoms with E-state index in [4.69, 9.17) is 0 Å². The first-order valence-corrected chi connectivity index (χ1v) is 12.8. The topological polar surface area (TPSA) is 79.7 Å². The van der Waals surface area contributed by atoms with Crippen LogP contribution in [0.15, 0.2) is 33.3 Å². The summed E-state index contributed by atoms with van der Waals surface area (Å²) in [5.41, 5.74) is 2.66. The van der Waals surface area contributed by atoms with E-state index in [1.807, 2.05) is 12.3 Å². The average Bonchev–Trinajstić information content (AvgIpc) is 3.39. The third kappa shape index (κ3) is 4.10. The number of thiazole rings is 1. The van der Waals surface area contributed by atoms with Gasteiger partial charge in [0, 0.05) is 49.4 Å². The van der Waals surface area contributed by atoms with Gasteiger partial charge >= 0.3 is 4.87 Å². The van der Waals surface area contributed by atoms with Gasteiger partial charge < -0.3 is 9.47 Å². The Hall–Kier alpha value is -1.97. The molecular formula is C21H27N3O4S2. The molecule has 162 valence electrons. The van der Waals surface area contributed by atoms with E-state index in [9.17, 15) is 18.0 Å². The zero-order valence-corrected chi connectivity index (χ0v) is 18.8. The minimum Gasteiger partial charge on any atom is -0.312 e. The molecule has 9 heteroatoms. The number of hydrogen-bond donors (Lipinski definition) is 0. The van der Waals surface area contributed by atoms with Crippen molar-refractivity contribution in [1.29, 1.82) is 0 Å². The van der Waals surface area contributed by atoms with E-state index in [0.717, 1.165) is 42.6 Å².